The maximum atomic E-state index is 11.1. The summed E-state index contributed by atoms with van der Waals surface area (Å²) in [4.78, 5) is 21.2. The Labute approximate surface area is 102 Å². The van der Waals surface area contributed by atoms with Crippen molar-refractivity contribution >= 4 is 11.1 Å². The molecule has 0 aliphatic rings. The monoisotopic (exact) mass is 244 g/mol. The molecule has 0 fully saturated rings. The van der Waals surface area contributed by atoms with E-state index in [1.54, 1.807) is 12.1 Å². The third-order valence-corrected chi connectivity index (χ3v) is 2.80. The second-order valence-electron chi connectivity index (χ2n) is 4.08. The number of rotatable bonds is 2. The van der Waals surface area contributed by atoms with Gasteiger partial charge in [0.25, 0.3) is 0 Å². The van der Waals surface area contributed by atoms with Crippen molar-refractivity contribution in [2.24, 2.45) is 5.73 Å². The number of fused-ring (bicyclic) bond motifs is 1. The van der Waals surface area contributed by atoms with Crippen molar-refractivity contribution in [1.82, 2.24) is 15.0 Å². The minimum absolute atomic E-state index is 0.380. The van der Waals surface area contributed by atoms with Crippen LogP contribution in [-0.4, -0.2) is 15.0 Å². The van der Waals surface area contributed by atoms with Gasteiger partial charge in [-0.15, -0.1) is 0 Å². The van der Waals surface area contributed by atoms with Gasteiger partial charge in [-0.25, -0.2) is 9.78 Å². The fraction of sp³-hybridized carbons (Fsp3) is 0.167. The molecule has 6 heteroatoms. The zero-order valence-corrected chi connectivity index (χ0v) is 9.78. The first-order valence-electron chi connectivity index (χ1n) is 5.56. The molecule has 0 aliphatic carbocycles. The van der Waals surface area contributed by atoms with E-state index in [0.717, 1.165) is 22.8 Å². The molecule has 18 heavy (non-hydrogen) atoms. The number of oxazole rings is 1. The smallest absolute Gasteiger partial charge is 0.408 e. The van der Waals surface area contributed by atoms with Gasteiger partial charge in [-0.05, 0) is 19.1 Å². The van der Waals surface area contributed by atoms with Crippen LogP contribution in [0.5, 0.6) is 0 Å². The minimum Gasteiger partial charge on any atom is -0.408 e. The van der Waals surface area contributed by atoms with Gasteiger partial charge in [0, 0.05) is 12.1 Å². The summed E-state index contributed by atoms with van der Waals surface area (Å²) in [6.07, 6.45) is 0. The predicted octanol–water partition coefficient (Wildman–Crippen LogP) is 1.28. The molecule has 0 unspecified atom stereocenters. The molecule has 6 nitrogen and oxygen atoms in total. The molecule has 0 amide bonds. The Morgan fingerprint density at radius 3 is 3.00 bits per heavy atom. The summed E-state index contributed by atoms with van der Waals surface area (Å²) >= 11 is 0. The highest BCUT2D eigenvalue weighted by Gasteiger charge is 2.11. The van der Waals surface area contributed by atoms with Gasteiger partial charge >= 0.3 is 5.76 Å². The Balaban J connectivity index is 2.21. The number of imidazole rings is 1. The summed E-state index contributed by atoms with van der Waals surface area (Å²) < 4.78 is 5.03. The van der Waals surface area contributed by atoms with E-state index in [9.17, 15) is 4.79 Å². The lowest BCUT2D eigenvalue weighted by atomic mass is 10.1. The molecule has 0 aliphatic heterocycles. The molecule has 3 rings (SSSR count). The molecule has 0 saturated carbocycles. The first-order valence-corrected chi connectivity index (χ1v) is 5.56. The molecule has 3 aromatic rings. The average Bonchev–Trinajstić information content (AvgIpc) is 2.89. The molecular weight excluding hydrogens is 232 g/mol. The molecule has 2 heterocycles. The number of aromatic nitrogens is 3. The van der Waals surface area contributed by atoms with Crippen LogP contribution < -0.4 is 11.5 Å². The largest absolute Gasteiger partial charge is 0.417 e. The maximum absolute atomic E-state index is 11.1. The number of hydrogen-bond donors (Lipinski definition) is 3. The number of nitrogens with zero attached hydrogens (tertiary/aromatic N) is 1. The molecule has 0 atom stereocenters. The summed E-state index contributed by atoms with van der Waals surface area (Å²) in [5, 5.41) is 0. The van der Waals surface area contributed by atoms with Crippen molar-refractivity contribution in [2.45, 2.75) is 13.5 Å². The van der Waals surface area contributed by atoms with E-state index >= 15 is 0 Å². The molecule has 0 bridgehead atoms. The molecule has 4 N–H and O–H groups in total. The number of aromatic amines is 2. The Bertz CT molecular complexity index is 766. The van der Waals surface area contributed by atoms with Crippen molar-refractivity contribution < 1.29 is 4.42 Å². The minimum atomic E-state index is -0.459. The highest BCUT2D eigenvalue weighted by molar-refractivity contribution is 5.79. The summed E-state index contributed by atoms with van der Waals surface area (Å²) in [5.74, 6) is 0.348. The third-order valence-electron chi connectivity index (χ3n) is 2.80. The highest BCUT2D eigenvalue weighted by atomic mass is 16.4. The van der Waals surface area contributed by atoms with Crippen molar-refractivity contribution in [3.05, 3.63) is 40.3 Å². The standard InChI is InChI=1S/C12H12N4O2/c1-6-14-9(5-13)11(15-6)7-2-3-8-10(4-7)18-12(17)16-8/h2-4H,5,13H2,1H3,(H,14,15)(H,16,17). The Hall–Kier alpha value is -2.34. The SMILES string of the molecule is Cc1nc(-c2ccc3[nH]c(=O)oc3c2)c(CN)[nH]1. The highest BCUT2D eigenvalue weighted by Crippen LogP contribution is 2.24. The summed E-state index contributed by atoms with van der Waals surface area (Å²) in [6, 6.07) is 5.45. The summed E-state index contributed by atoms with van der Waals surface area (Å²) in [7, 11) is 0. The fourth-order valence-electron chi connectivity index (χ4n) is 2.02. The number of H-pyrrole nitrogens is 2. The van der Waals surface area contributed by atoms with Gasteiger partial charge in [0.2, 0.25) is 0 Å². The Morgan fingerprint density at radius 2 is 2.22 bits per heavy atom. The molecule has 1 aromatic carbocycles. The number of nitrogens with two attached hydrogens (primary N) is 1. The van der Waals surface area contributed by atoms with E-state index in [-0.39, 0.29) is 0 Å². The molecule has 0 saturated heterocycles. The molecule has 0 radical (unpaired) electrons. The normalized spacial score (nSPS) is 11.2. The van der Waals surface area contributed by atoms with Gasteiger partial charge in [0.1, 0.15) is 5.82 Å². The fourth-order valence-corrected chi connectivity index (χ4v) is 2.02. The lowest BCUT2D eigenvalue weighted by Crippen LogP contribution is -1.98. The second kappa shape index (κ2) is 3.85. The molecular formula is C12H12N4O2. The van der Waals surface area contributed by atoms with Gasteiger partial charge in [0.05, 0.1) is 16.9 Å². The van der Waals surface area contributed by atoms with Gasteiger partial charge in [-0.1, -0.05) is 6.07 Å². The van der Waals surface area contributed by atoms with Crippen LogP contribution in [-0.2, 0) is 6.54 Å². The second-order valence-corrected chi connectivity index (χ2v) is 4.08. The first kappa shape index (κ1) is 10.8. The quantitative estimate of drug-likeness (QED) is 0.632. The van der Waals surface area contributed by atoms with Crippen LogP contribution in [0.1, 0.15) is 11.5 Å². The van der Waals surface area contributed by atoms with Gasteiger partial charge in [-0.2, -0.15) is 0 Å². The van der Waals surface area contributed by atoms with E-state index in [1.807, 2.05) is 13.0 Å². The first-order chi connectivity index (χ1) is 8.67. The maximum Gasteiger partial charge on any atom is 0.417 e. The lowest BCUT2D eigenvalue weighted by molar-refractivity contribution is 0.555. The van der Waals surface area contributed by atoms with Gasteiger partial charge < -0.3 is 15.1 Å². The molecule has 2 aromatic heterocycles. The van der Waals surface area contributed by atoms with E-state index in [0.29, 0.717) is 17.6 Å². The number of benzene rings is 1. The van der Waals surface area contributed by atoms with Crippen LogP contribution in [0.15, 0.2) is 27.4 Å². The lowest BCUT2D eigenvalue weighted by Gasteiger charge is -1.99. The van der Waals surface area contributed by atoms with E-state index < -0.39 is 5.76 Å². The topological polar surface area (TPSA) is 101 Å². The van der Waals surface area contributed by atoms with E-state index in [2.05, 4.69) is 15.0 Å². The van der Waals surface area contributed by atoms with Crippen LogP contribution in [0.4, 0.5) is 0 Å². The number of hydrogen-bond acceptors (Lipinski definition) is 4. The Kier molecular flexibility index (Phi) is 2.31. The van der Waals surface area contributed by atoms with Crippen LogP contribution in [0, 0.1) is 6.92 Å². The zero-order chi connectivity index (χ0) is 12.7. The number of nitrogens with one attached hydrogen (secondary N) is 2. The van der Waals surface area contributed by atoms with Crippen LogP contribution in [0.25, 0.3) is 22.4 Å². The zero-order valence-electron chi connectivity index (χ0n) is 9.78. The van der Waals surface area contributed by atoms with Gasteiger partial charge in [-0.3, -0.25) is 4.98 Å². The van der Waals surface area contributed by atoms with Crippen LogP contribution >= 0.6 is 0 Å². The van der Waals surface area contributed by atoms with E-state index in [4.69, 9.17) is 10.2 Å². The summed E-state index contributed by atoms with van der Waals surface area (Å²) in [5.41, 5.74) is 9.38. The van der Waals surface area contributed by atoms with Crippen LogP contribution in [0.3, 0.4) is 0 Å². The third kappa shape index (κ3) is 1.63. The molecule has 92 valence electrons. The number of aryl methyl sites for hydroxylation is 1. The van der Waals surface area contributed by atoms with Crippen molar-refractivity contribution in [2.75, 3.05) is 0 Å². The van der Waals surface area contributed by atoms with Crippen molar-refractivity contribution in [3.8, 4) is 11.3 Å². The van der Waals surface area contributed by atoms with E-state index in [1.165, 1.54) is 0 Å². The molecule has 0 spiro atoms. The van der Waals surface area contributed by atoms with Gasteiger partial charge in [0.15, 0.2) is 5.58 Å². The predicted molar refractivity (Wildman–Crippen MR) is 67.0 cm³/mol. The Morgan fingerprint density at radius 1 is 1.39 bits per heavy atom. The van der Waals surface area contributed by atoms with Crippen molar-refractivity contribution in [1.29, 1.82) is 0 Å². The van der Waals surface area contributed by atoms with Crippen molar-refractivity contribution in [3.63, 3.8) is 0 Å². The van der Waals surface area contributed by atoms with Crippen LogP contribution in [0.2, 0.25) is 0 Å². The summed E-state index contributed by atoms with van der Waals surface area (Å²) in [6.45, 7) is 2.25. The average molecular weight is 244 g/mol.